The number of benzene rings is 1. The summed E-state index contributed by atoms with van der Waals surface area (Å²) < 4.78 is 13.4. The van der Waals surface area contributed by atoms with Crippen molar-refractivity contribution in [2.24, 2.45) is 0 Å². The predicted molar refractivity (Wildman–Crippen MR) is 57.9 cm³/mol. The lowest BCUT2D eigenvalue weighted by Crippen LogP contribution is -2.02. The molecule has 2 heteroatoms. The normalized spacial score (nSPS) is 21.4. The first-order valence-electron chi connectivity index (χ1n) is 4.54. The molecule has 2 rings (SSSR count). The molecule has 0 spiro atoms. The molecule has 0 aromatic heterocycles. The molecule has 14 heavy (non-hydrogen) atoms. The van der Waals surface area contributed by atoms with Crippen molar-refractivity contribution in [3.05, 3.63) is 53.9 Å². The van der Waals surface area contributed by atoms with Crippen LogP contribution >= 0.6 is 11.6 Å². The van der Waals surface area contributed by atoms with Crippen molar-refractivity contribution in [3.63, 3.8) is 0 Å². The fraction of sp³-hybridized carbons (Fsp3) is 0.167. The molecule has 1 aromatic rings. The van der Waals surface area contributed by atoms with E-state index in [2.05, 4.69) is 0 Å². The Bertz CT molecular complexity index is 379. The summed E-state index contributed by atoms with van der Waals surface area (Å²) in [5.74, 6) is -0.173. The van der Waals surface area contributed by atoms with Gasteiger partial charge in [-0.05, 0) is 23.6 Å². The van der Waals surface area contributed by atoms with Crippen molar-refractivity contribution >= 4 is 17.2 Å². The van der Waals surface area contributed by atoms with Gasteiger partial charge in [-0.1, -0.05) is 36.4 Å². The van der Waals surface area contributed by atoms with Crippen LogP contribution in [0.2, 0.25) is 0 Å². The maximum absolute atomic E-state index is 13.4. The summed E-state index contributed by atoms with van der Waals surface area (Å²) in [5, 5.41) is -0.0929. The lowest BCUT2D eigenvalue weighted by Gasteiger charge is -2.14. The van der Waals surface area contributed by atoms with E-state index in [9.17, 15) is 4.39 Å². The predicted octanol–water partition coefficient (Wildman–Crippen LogP) is 3.93. The molecule has 0 bridgehead atoms. The molecular formula is C12H10ClF. The van der Waals surface area contributed by atoms with E-state index >= 15 is 0 Å². The maximum atomic E-state index is 13.4. The van der Waals surface area contributed by atoms with E-state index in [4.69, 9.17) is 11.6 Å². The molecule has 0 radical (unpaired) electrons. The second-order valence-electron chi connectivity index (χ2n) is 3.27. The van der Waals surface area contributed by atoms with Crippen LogP contribution in [-0.4, -0.2) is 5.38 Å². The summed E-state index contributed by atoms with van der Waals surface area (Å²) in [6.45, 7) is 0. The quantitative estimate of drug-likeness (QED) is 0.614. The fourth-order valence-corrected chi connectivity index (χ4v) is 1.77. The first kappa shape index (κ1) is 9.47. The van der Waals surface area contributed by atoms with Crippen LogP contribution in [0.4, 0.5) is 4.39 Å². The molecule has 0 aliphatic heterocycles. The molecule has 1 atom stereocenters. The molecule has 1 unspecified atom stereocenters. The first-order valence-corrected chi connectivity index (χ1v) is 4.97. The van der Waals surface area contributed by atoms with Gasteiger partial charge in [-0.25, -0.2) is 4.39 Å². The molecule has 1 aliphatic carbocycles. The van der Waals surface area contributed by atoms with E-state index in [0.29, 0.717) is 12.0 Å². The molecule has 0 fully saturated rings. The topological polar surface area (TPSA) is 0 Å². The minimum atomic E-state index is -0.173. The SMILES string of the molecule is FC1=C(c2ccccc2)CC(Cl)C=C1. The Balaban J connectivity index is 2.39. The van der Waals surface area contributed by atoms with E-state index < -0.39 is 0 Å². The van der Waals surface area contributed by atoms with Crippen LogP contribution in [-0.2, 0) is 0 Å². The summed E-state index contributed by atoms with van der Waals surface area (Å²) in [6, 6.07) is 9.52. The molecule has 0 saturated heterocycles. The number of allylic oxidation sites excluding steroid dienone is 4. The van der Waals surface area contributed by atoms with Gasteiger partial charge in [-0.3, -0.25) is 0 Å². The van der Waals surface area contributed by atoms with Crippen LogP contribution in [0.25, 0.3) is 5.57 Å². The number of alkyl halides is 1. The van der Waals surface area contributed by atoms with E-state index in [1.165, 1.54) is 6.08 Å². The van der Waals surface area contributed by atoms with E-state index in [1.807, 2.05) is 30.3 Å². The molecule has 1 aliphatic rings. The average Bonchev–Trinajstić information content (AvgIpc) is 2.23. The smallest absolute Gasteiger partial charge is 0.126 e. The van der Waals surface area contributed by atoms with Gasteiger partial charge in [-0.2, -0.15) is 0 Å². The lowest BCUT2D eigenvalue weighted by molar-refractivity contribution is 0.660. The van der Waals surface area contributed by atoms with E-state index in [0.717, 1.165) is 5.56 Å². The molecule has 0 amide bonds. The Morgan fingerprint density at radius 3 is 2.64 bits per heavy atom. The minimum Gasteiger partial charge on any atom is -0.207 e. The van der Waals surface area contributed by atoms with E-state index in [1.54, 1.807) is 6.08 Å². The van der Waals surface area contributed by atoms with Crippen LogP contribution in [0.15, 0.2) is 48.3 Å². The highest BCUT2D eigenvalue weighted by Crippen LogP contribution is 2.31. The van der Waals surface area contributed by atoms with Crippen molar-refractivity contribution in [2.45, 2.75) is 11.8 Å². The van der Waals surface area contributed by atoms with Crippen LogP contribution in [0.5, 0.6) is 0 Å². The molecule has 0 saturated carbocycles. The second-order valence-corrected chi connectivity index (χ2v) is 3.83. The van der Waals surface area contributed by atoms with Gasteiger partial charge in [-0.15, -0.1) is 11.6 Å². The third-order valence-corrected chi connectivity index (χ3v) is 2.56. The molecule has 1 aromatic carbocycles. The van der Waals surface area contributed by atoms with Crippen LogP contribution in [0.1, 0.15) is 12.0 Å². The number of halogens is 2. The Kier molecular flexibility index (Phi) is 2.69. The van der Waals surface area contributed by atoms with Crippen molar-refractivity contribution < 1.29 is 4.39 Å². The zero-order chi connectivity index (χ0) is 9.97. The third-order valence-electron chi connectivity index (χ3n) is 2.26. The van der Waals surface area contributed by atoms with Gasteiger partial charge in [0.2, 0.25) is 0 Å². The zero-order valence-electron chi connectivity index (χ0n) is 7.58. The van der Waals surface area contributed by atoms with Crippen LogP contribution in [0.3, 0.4) is 0 Å². The third kappa shape index (κ3) is 1.88. The first-order chi connectivity index (χ1) is 6.77. The minimum absolute atomic E-state index is 0.0929. The number of hydrogen-bond acceptors (Lipinski definition) is 0. The average molecular weight is 209 g/mol. The lowest BCUT2D eigenvalue weighted by atomic mass is 9.96. The monoisotopic (exact) mass is 208 g/mol. The second kappa shape index (κ2) is 3.97. The van der Waals surface area contributed by atoms with Crippen molar-refractivity contribution in [1.29, 1.82) is 0 Å². The Morgan fingerprint density at radius 1 is 1.21 bits per heavy atom. The van der Waals surface area contributed by atoms with E-state index in [-0.39, 0.29) is 11.2 Å². The summed E-state index contributed by atoms with van der Waals surface area (Å²) in [6.07, 6.45) is 3.70. The van der Waals surface area contributed by atoms with Gasteiger partial charge in [0.1, 0.15) is 5.83 Å². The molecule has 72 valence electrons. The van der Waals surface area contributed by atoms with Crippen molar-refractivity contribution in [3.8, 4) is 0 Å². The highest BCUT2D eigenvalue weighted by atomic mass is 35.5. The Hall–Kier alpha value is -1.08. The molecular weight excluding hydrogens is 199 g/mol. The van der Waals surface area contributed by atoms with Gasteiger partial charge in [0.05, 0.1) is 5.38 Å². The van der Waals surface area contributed by atoms with Crippen LogP contribution < -0.4 is 0 Å². The molecule has 0 nitrogen and oxygen atoms in total. The standard InChI is InChI=1S/C12H10ClF/c13-10-6-7-12(14)11(8-10)9-4-2-1-3-5-9/h1-7,10H,8H2. The Morgan fingerprint density at radius 2 is 1.93 bits per heavy atom. The van der Waals surface area contributed by atoms with Gasteiger partial charge in [0.15, 0.2) is 0 Å². The highest BCUT2D eigenvalue weighted by Gasteiger charge is 2.15. The van der Waals surface area contributed by atoms with Gasteiger partial charge in [0.25, 0.3) is 0 Å². The largest absolute Gasteiger partial charge is 0.207 e. The molecule has 0 heterocycles. The zero-order valence-corrected chi connectivity index (χ0v) is 8.34. The summed E-state index contributed by atoms with van der Waals surface area (Å²) in [4.78, 5) is 0. The summed E-state index contributed by atoms with van der Waals surface area (Å²) >= 11 is 5.94. The van der Waals surface area contributed by atoms with Crippen molar-refractivity contribution in [1.82, 2.24) is 0 Å². The Labute approximate surface area is 87.7 Å². The number of hydrogen-bond donors (Lipinski definition) is 0. The number of rotatable bonds is 1. The summed E-state index contributed by atoms with van der Waals surface area (Å²) in [5.41, 5.74) is 1.62. The molecule has 0 N–H and O–H groups in total. The maximum Gasteiger partial charge on any atom is 0.126 e. The highest BCUT2D eigenvalue weighted by molar-refractivity contribution is 6.22. The van der Waals surface area contributed by atoms with Gasteiger partial charge < -0.3 is 0 Å². The summed E-state index contributed by atoms with van der Waals surface area (Å²) in [7, 11) is 0. The van der Waals surface area contributed by atoms with Gasteiger partial charge >= 0.3 is 0 Å². The fourth-order valence-electron chi connectivity index (χ4n) is 1.55. The van der Waals surface area contributed by atoms with Crippen molar-refractivity contribution in [2.75, 3.05) is 0 Å². The van der Waals surface area contributed by atoms with Crippen LogP contribution in [0, 0.1) is 0 Å². The van der Waals surface area contributed by atoms with Gasteiger partial charge in [0, 0.05) is 0 Å².